The molecule has 3 heterocycles. The zero-order valence-electron chi connectivity index (χ0n) is 18.0. The lowest BCUT2D eigenvalue weighted by molar-refractivity contribution is -0.134. The number of hydrogen-bond acceptors (Lipinski definition) is 6. The number of pyridine rings is 2. The molecule has 1 amide bonds. The highest BCUT2D eigenvalue weighted by molar-refractivity contribution is 5.80. The molecule has 162 valence electrons. The van der Waals surface area contributed by atoms with Crippen LogP contribution in [0.1, 0.15) is 49.9 Å². The van der Waals surface area contributed by atoms with Gasteiger partial charge in [0, 0.05) is 56.2 Å². The topological polar surface area (TPSA) is 92.4 Å². The molecule has 0 aromatic carbocycles. The van der Waals surface area contributed by atoms with Crippen LogP contribution in [0.2, 0.25) is 0 Å². The smallest absolute Gasteiger partial charge is 0.223 e. The summed E-state index contributed by atoms with van der Waals surface area (Å²) in [6, 6.07) is 6.07. The molecule has 0 bridgehead atoms. The molecule has 0 radical (unpaired) electrons. The van der Waals surface area contributed by atoms with Crippen molar-refractivity contribution in [3.8, 4) is 11.1 Å². The minimum atomic E-state index is 0.0323. The normalized spacial score (nSPS) is 18.7. The fourth-order valence-corrected chi connectivity index (χ4v) is 4.26. The molecule has 1 atom stereocenters. The van der Waals surface area contributed by atoms with E-state index in [4.69, 9.17) is 10.7 Å². The van der Waals surface area contributed by atoms with Crippen molar-refractivity contribution < 1.29 is 9.59 Å². The van der Waals surface area contributed by atoms with E-state index >= 15 is 0 Å². The third-order valence-electron chi connectivity index (χ3n) is 6.05. The first-order chi connectivity index (χ1) is 15.0. The molecule has 1 saturated carbocycles. The molecule has 4 rings (SSSR count). The van der Waals surface area contributed by atoms with Crippen LogP contribution in [0.25, 0.3) is 17.2 Å². The third kappa shape index (κ3) is 4.45. The van der Waals surface area contributed by atoms with Gasteiger partial charge in [-0.25, -0.2) is 4.98 Å². The highest BCUT2D eigenvalue weighted by Crippen LogP contribution is 2.45. The van der Waals surface area contributed by atoms with Gasteiger partial charge in [0.25, 0.3) is 0 Å². The van der Waals surface area contributed by atoms with Gasteiger partial charge in [-0.2, -0.15) is 0 Å². The van der Waals surface area contributed by atoms with Crippen LogP contribution in [0.15, 0.2) is 31.0 Å². The molecule has 2 aliphatic rings. The quantitative estimate of drug-likeness (QED) is 0.693. The SMILES string of the molecule is C=Cc1cc(-c2cc(N)c(N3CCN(C(=O)CCC=O)[C@H](C)C3)nc2C2CC2)ccn1. The molecule has 31 heavy (non-hydrogen) atoms. The van der Waals surface area contributed by atoms with Crippen molar-refractivity contribution in [3.63, 3.8) is 0 Å². The standard InChI is InChI=1S/C24H29N5O2/c1-3-19-13-18(8-9-26-19)20-14-21(25)24(27-23(20)17-6-7-17)28-10-11-29(16(2)15-28)22(31)5-4-12-30/h3,8-9,12-14,16-17H,1,4-7,10-11,15,25H2,2H3/t16-/m1/s1. The van der Waals surface area contributed by atoms with Gasteiger partial charge in [0.2, 0.25) is 5.91 Å². The molecule has 1 aliphatic heterocycles. The molecule has 1 aliphatic carbocycles. The number of nitrogens with two attached hydrogens (primary N) is 1. The maximum atomic E-state index is 12.4. The summed E-state index contributed by atoms with van der Waals surface area (Å²) >= 11 is 0. The van der Waals surface area contributed by atoms with Crippen molar-refractivity contribution in [2.24, 2.45) is 0 Å². The second-order valence-corrected chi connectivity index (χ2v) is 8.37. The van der Waals surface area contributed by atoms with Gasteiger partial charge in [-0.05, 0) is 49.6 Å². The van der Waals surface area contributed by atoms with Crippen molar-refractivity contribution in [3.05, 3.63) is 42.4 Å². The number of aromatic nitrogens is 2. The molecule has 1 saturated heterocycles. The second kappa shape index (κ2) is 8.88. The van der Waals surface area contributed by atoms with Crippen LogP contribution in [0.5, 0.6) is 0 Å². The number of rotatable bonds is 7. The van der Waals surface area contributed by atoms with Crippen LogP contribution in [-0.2, 0) is 9.59 Å². The maximum absolute atomic E-state index is 12.4. The van der Waals surface area contributed by atoms with Gasteiger partial charge < -0.3 is 20.3 Å². The Kier molecular flexibility index (Phi) is 6.02. The first-order valence-electron chi connectivity index (χ1n) is 10.9. The average molecular weight is 420 g/mol. The summed E-state index contributed by atoms with van der Waals surface area (Å²) in [5.74, 6) is 1.29. The highest BCUT2D eigenvalue weighted by Gasteiger charge is 2.32. The number of amides is 1. The van der Waals surface area contributed by atoms with E-state index in [-0.39, 0.29) is 24.8 Å². The van der Waals surface area contributed by atoms with E-state index in [1.54, 1.807) is 12.3 Å². The number of nitrogen functional groups attached to an aromatic ring is 1. The fourth-order valence-electron chi connectivity index (χ4n) is 4.26. The number of hydrogen-bond donors (Lipinski definition) is 1. The van der Waals surface area contributed by atoms with Crippen molar-refractivity contribution >= 4 is 29.8 Å². The number of anilines is 2. The molecule has 0 spiro atoms. The Bertz CT molecular complexity index is 1000. The number of aldehydes is 1. The van der Waals surface area contributed by atoms with Gasteiger partial charge in [0.15, 0.2) is 5.82 Å². The van der Waals surface area contributed by atoms with Gasteiger partial charge >= 0.3 is 0 Å². The van der Waals surface area contributed by atoms with E-state index < -0.39 is 0 Å². The average Bonchev–Trinajstić information content (AvgIpc) is 3.62. The van der Waals surface area contributed by atoms with Crippen LogP contribution in [0.4, 0.5) is 11.5 Å². The summed E-state index contributed by atoms with van der Waals surface area (Å²) in [7, 11) is 0. The predicted octanol–water partition coefficient (Wildman–Crippen LogP) is 3.26. The lowest BCUT2D eigenvalue weighted by Crippen LogP contribution is -2.54. The third-order valence-corrected chi connectivity index (χ3v) is 6.05. The number of carbonyl (C=O) groups excluding carboxylic acids is 2. The molecule has 2 aromatic heterocycles. The Labute approximate surface area is 183 Å². The first-order valence-corrected chi connectivity index (χ1v) is 10.9. The highest BCUT2D eigenvalue weighted by atomic mass is 16.2. The number of piperazine rings is 1. The first kappa shape index (κ1) is 21.0. The second-order valence-electron chi connectivity index (χ2n) is 8.37. The van der Waals surface area contributed by atoms with Crippen molar-refractivity contribution in [1.29, 1.82) is 0 Å². The van der Waals surface area contributed by atoms with Gasteiger partial charge in [-0.1, -0.05) is 6.58 Å². The summed E-state index contributed by atoms with van der Waals surface area (Å²) < 4.78 is 0. The molecule has 2 aromatic rings. The minimum Gasteiger partial charge on any atom is -0.396 e. The molecule has 2 fully saturated rings. The molecule has 2 N–H and O–H groups in total. The molecular weight excluding hydrogens is 390 g/mol. The van der Waals surface area contributed by atoms with Crippen LogP contribution in [-0.4, -0.2) is 52.7 Å². The number of nitrogens with zero attached hydrogens (tertiary/aromatic N) is 4. The molecule has 7 heteroatoms. The van der Waals surface area contributed by atoms with E-state index in [9.17, 15) is 9.59 Å². The molecule has 0 unspecified atom stereocenters. The molecular formula is C24H29N5O2. The lowest BCUT2D eigenvalue weighted by atomic mass is 10.0. The van der Waals surface area contributed by atoms with E-state index in [1.165, 1.54) is 0 Å². The van der Waals surface area contributed by atoms with E-state index in [1.807, 2.05) is 30.0 Å². The van der Waals surface area contributed by atoms with Gasteiger partial charge in [0.1, 0.15) is 6.29 Å². The monoisotopic (exact) mass is 419 g/mol. The zero-order valence-corrected chi connectivity index (χ0v) is 18.0. The largest absolute Gasteiger partial charge is 0.396 e. The zero-order chi connectivity index (χ0) is 22.0. The van der Waals surface area contributed by atoms with Crippen molar-refractivity contribution in [2.45, 2.75) is 44.6 Å². The Morgan fingerprint density at radius 3 is 2.81 bits per heavy atom. The van der Waals surface area contributed by atoms with Crippen LogP contribution < -0.4 is 10.6 Å². The summed E-state index contributed by atoms with van der Waals surface area (Å²) in [6.07, 6.45) is 7.14. The van der Waals surface area contributed by atoms with E-state index in [2.05, 4.69) is 16.5 Å². The van der Waals surface area contributed by atoms with Gasteiger partial charge in [0.05, 0.1) is 17.1 Å². The minimum absolute atomic E-state index is 0.0323. The maximum Gasteiger partial charge on any atom is 0.223 e. The van der Waals surface area contributed by atoms with Crippen LogP contribution >= 0.6 is 0 Å². The Morgan fingerprint density at radius 2 is 2.13 bits per heavy atom. The lowest BCUT2D eigenvalue weighted by Gasteiger charge is -2.41. The van der Waals surface area contributed by atoms with Crippen LogP contribution in [0.3, 0.4) is 0 Å². The summed E-state index contributed by atoms with van der Waals surface area (Å²) in [4.78, 5) is 36.4. The summed E-state index contributed by atoms with van der Waals surface area (Å²) in [6.45, 7) is 7.80. The van der Waals surface area contributed by atoms with Gasteiger partial charge in [-0.3, -0.25) is 9.78 Å². The Morgan fingerprint density at radius 1 is 1.32 bits per heavy atom. The number of carbonyl (C=O) groups is 2. The van der Waals surface area contributed by atoms with Gasteiger partial charge in [-0.15, -0.1) is 0 Å². The van der Waals surface area contributed by atoms with E-state index in [0.717, 1.165) is 47.5 Å². The predicted molar refractivity (Wildman–Crippen MR) is 123 cm³/mol. The van der Waals surface area contributed by atoms with Crippen molar-refractivity contribution in [2.75, 3.05) is 30.3 Å². The Balaban J connectivity index is 1.60. The van der Waals surface area contributed by atoms with Crippen LogP contribution in [0, 0.1) is 0 Å². The molecule has 7 nitrogen and oxygen atoms in total. The van der Waals surface area contributed by atoms with E-state index in [0.29, 0.717) is 31.2 Å². The summed E-state index contributed by atoms with van der Waals surface area (Å²) in [5, 5.41) is 0. The Hall–Kier alpha value is -3.22. The summed E-state index contributed by atoms with van der Waals surface area (Å²) in [5.41, 5.74) is 11.2. The van der Waals surface area contributed by atoms with Crippen molar-refractivity contribution in [1.82, 2.24) is 14.9 Å². The fraction of sp³-hybridized carbons (Fsp3) is 0.417.